The standard InChI is InChI=1S/C16H18BrClN2O/c1-20(2)16-7-4-12(18)9-15(16)19-10-11-8-13(21-3)5-6-14(11)17/h4-9,19H,10H2,1-3H3. The smallest absolute Gasteiger partial charge is 0.119 e. The van der Waals surface area contributed by atoms with Gasteiger partial charge in [-0.15, -0.1) is 0 Å². The molecule has 21 heavy (non-hydrogen) atoms. The summed E-state index contributed by atoms with van der Waals surface area (Å²) >= 11 is 9.66. The molecule has 0 spiro atoms. The van der Waals surface area contributed by atoms with Gasteiger partial charge in [-0.05, 0) is 42.0 Å². The molecule has 0 bridgehead atoms. The van der Waals surface area contributed by atoms with Crippen LogP contribution in [0.5, 0.6) is 5.75 Å². The predicted octanol–water partition coefficient (Wildman–Crippen LogP) is 4.79. The average molecular weight is 370 g/mol. The van der Waals surface area contributed by atoms with Gasteiger partial charge < -0.3 is 15.0 Å². The fourth-order valence-electron chi connectivity index (χ4n) is 2.04. The van der Waals surface area contributed by atoms with Gasteiger partial charge in [0.1, 0.15) is 5.75 Å². The maximum absolute atomic E-state index is 6.09. The third-order valence-electron chi connectivity index (χ3n) is 3.16. The van der Waals surface area contributed by atoms with Crippen LogP contribution < -0.4 is 15.0 Å². The minimum absolute atomic E-state index is 0.680. The lowest BCUT2D eigenvalue weighted by atomic mass is 10.2. The molecule has 0 radical (unpaired) electrons. The molecule has 0 amide bonds. The summed E-state index contributed by atoms with van der Waals surface area (Å²) in [6.07, 6.45) is 0. The first-order valence-corrected chi connectivity index (χ1v) is 7.71. The Morgan fingerprint density at radius 1 is 1.19 bits per heavy atom. The topological polar surface area (TPSA) is 24.5 Å². The van der Waals surface area contributed by atoms with Crippen molar-refractivity contribution in [3.05, 3.63) is 51.5 Å². The molecule has 0 saturated carbocycles. The molecule has 0 saturated heterocycles. The number of hydrogen-bond donors (Lipinski definition) is 1. The number of hydrogen-bond acceptors (Lipinski definition) is 3. The largest absolute Gasteiger partial charge is 0.497 e. The number of nitrogens with one attached hydrogen (secondary N) is 1. The minimum Gasteiger partial charge on any atom is -0.497 e. The van der Waals surface area contributed by atoms with Crippen LogP contribution in [0.1, 0.15) is 5.56 Å². The summed E-state index contributed by atoms with van der Waals surface area (Å²) in [4.78, 5) is 2.05. The third-order valence-corrected chi connectivity index (χ3v) is 4.17. The van der Waals surface area contributed by atoms with Crippen molar-refractivity contribution in [2.75, 3.05) is 31.4 Å². The summed E-state index contributed by atoms with van der Waals surface area (Å²) in [5.41, 5.74) is 3.22. The van der Waals surface area contributed by atoms with Crippen molar-refractivity contribution >= 4 is 38.9 Å². The first-order valence-electron chi connectivity index (χ1n) is 6.54. The second kappa shape index (κ2) is 7.05. The van der Waals surface area contributed by atoms with Crippen LogP contribution in [-0.2, 0) is 6.54 Å². The van der Waals surface area contributed by atoms with Crippen LogP contribution in [0.2, 0.25) is 5.02 Å². The van der Waals surface area contributed by atoms with E-state index in [-0.39, 0.29) is 0 Å². The molecule has 0 aliphatic rings. The molecular formula is C16H18BrClN2O. The summed E-state index contributed by atoms with van der Waals surface area (Å²) in [6.45, 7) is 0.680. The SMILES string of the molecule is COc1ccc(Br)c(CNc2cc(Cl)ccc2N(C)C)c1. The van der Waals surface area contributed by atoms with E-state index in [4.69, 9.17) is 16.3 Å². The van der Waals surface area contributed by atoms with Gasteiger partial charge in [0.05, 0.1) is 18.5 Å². The van der Waals surface area contributed by atoms with Crippen molar-refractivity contribution in [3.8, 4) is 5.75 Å². The molecule has 0 aromatic heterocycles. The lowest BCUT2D eigenvalue weighted by Gasteiger charge is -2.19. The highest BCUT2D eigenvalue weighted by Crippen LogP contribution is 2.29. The molecule has 5 heteroatoms. The number of benzene rings is 2. The molecule has 3 nitrogen and oxygen atoms in total. The fourth-order valence-corrected chi connectivity index (χ4v) is 2.60. The van der Waals surface area contributed by atoms with Crippen molar-refractivity contribution in [2.45, 2.75) is 6.54 Å². The van der Waals surface area contributed by atoms with Crippen molar-refractivity contribution in [2.24, 2.45) is 0 Å². The first kappa shape index (κ1) is 16.0. The van der Waals surface area contributed by atoms with E-state index < -0.39 is 0 Å². The van der Waals surface area contributed by atoms with Gasteiger partial charge in [0, 0.05) is 30.1 Å². The van der Waals surface area contributed by atoms with Gasteiger partial charge in [0.15, 0.2) is 0 Å². The predicted molar refractivity (Wildman–Crippen MR) is 93.8 cm³/mol. The summed E-state index contributed by atoms with van der Waals surface area (Å²) in [6, 6.07) is 11.8. The lowest BCUT2D eigenvalue weighted by molar-refractivity contribution is 0.414. The van der Waals surface area contributed by atoms with Gasteiger partial charge in [-0.2, -0.15) is 0 Å². The monoisotopic (exact) mass is 368 g/mol. The number of nitrogens with zero attached hydrogens (tertiary/aromatic N) is 1. The number of halogens is 2. The molecule has 112 valence electrons. The summed E-state index contributed by atoms with van der Waals surface area (Å²) in [5, 5.41) is 4.15. The summed E-state index contributed by atoms with van der Waals surface area (Å²) < 4.78 is 6.31. The zero-order valence-corrected chi connectivity index (χ0v) is 14.6. The lowest BCUT2D eigenvalue weighted by Crippen LogP contribution is -2.12. The Kier molecular flexibility index (Phi) is 5.37. The maximum atomic E-state index is 6.09. The highest BCUT2D eigenvalue weighted by molar-refractivity contribution is 9.10. The van der Waals surface area contributed by atoms with E-state index in [1.807, 2.05) is 50.5 Å². The molecule has 0 fully saturated rings. The van der Waals surface area contributed by atoms with Crippen LogP contribution >= 0.6 is 27.5 Å². The van der Waals surface area contributed by atoms with E-state index >= 15 is 0 Å². The van der Waals surface area contributed by atoms with Gasteiger partial charge >= 0.3 is 0 Å². The molecule has 0 atom stereocenters. The van der Waals surface area contributed by atoms with Gasteiger partial charge in [0.25, 0.3) is 0 Å². The molecule has 2 aromatic rings. The van der Waals surface area contributed by atoms with E-state index in [0.29, 0.717) is 11.6 Å². The number of ether oxygens (including phenoxy) is 1. The molecule has 0 unspecified atom stereocenters. The molecule has 0 aliphatic carbocycles. The third kappa shape index (κ3) is 4.05. The van der Waals surface area contributed by atoms with Crippen molar-refractivity contribution in [1.82, 2.24) is 0 Å². The summed E-state index contributed by atoms with van der Waals surface area (Å²) in [5.74, 6) is 0.842. The Hall–Kier alpha value is -1.39. The second-order valence-corrected chi connectivity index (χ2v) is 6.16. The zero-order chi connectivity index (χ0) is 15.4. The second-order valence-electron chi connectivity index (χ2n) is 4.87. The molecule has 2 aromatic carbocycles. The van der Waals surface area contributed by atoms with E-state index in [9.17, 15) is 0 Å². The molecular weight excluding hydrogens is 352 g/mol. The van der Waals surface area contributed by atoms with Gasteiger partial charge in [-0.25, -0.2) is 0 Å². The van der Waals surface area contributed by atoms with Crippen molar-refractivity contribution < 1.29 is 4.74 Å². The molecule has 0 aliphatic heterocycles. The van der Waals surface area contributed by atoms with Gasteiger partial charge in [0.2, 0.25) is 0 Å². The summed E-state index contributed by atoms with van der Waals surface area (Å²) in [7, 11) is 5.69. The first-order chi connectivity index (χ1) is 10.0. The quantitative estimate of drug-likeness (QED) is 0.820. The van der Waals surface area contributed by atoms with Crippen molar-refractivity contribution in [1.29, 1.82) is 0 Å². The number of methoxy groups -OCH3 is 1. The molecule has 2 rings (SSSR count). The molecule has 1 N–H and O–H groups in total. The number of anilines is 2. The van der Waals surface area contributed by atoms with Crippen molar-refractivity contribution in [3.63, 3.8) is 0 Å². The van der Waals surface area contributed by atoms with Crippen LogP contribution in [0.15, 0.2) is 40.9 Å². The van der Waals surface area contributed by atoms with Gasteiger partial charge in [-0.3, -0.25) is 0 Å². The Labute approximate surface area is 139 Å². The van der Waals surface area contributed by atoms with Crippen LogP contribution in [-0.4, -0.2) is 21.2 Å². The zero-order valence-electron chi connectivity index (χ0n) is 12.3. The number of rotatable bonds is 5. The molecule has 0 heterocycles. The Morgan fingerprint density at radius 2 is 1.95 bits per heavy atom. The van der Waals surface area contributed by atoms with Gasteiger partial charge in [-0.1, -0.05) is 27.5 Å². The van der Waals surface area contributed by atoms with E-state index in [1.165, 1.54) is 0 Å². The Balaban J connectivity index is 2.22. The average Bonchev–Trinajstić information content (AvgIpc) is 2.46. The van der Waals surface area contributed by atoms with E-state index in [2.05, 4.69) is 26.1 Å². The van der Waals surface area contributed by atoms with Crippen LogP contribution in [0, 0.1) is 0 Å². The van der Waals surface area contributed by atoms with E-state index in [0.717, 1.165) is 27.2 Å². The minimum atomic E-state index is 0.680. The van der Waals surface area contributed by atoms with Crippen LogP contribution in [0.25, 0.3) is 0 Å². The Bertz CT molecular complexity index is 632. The maximum Gasteiger partial charge on any atom is 0.119 e. The van der Waals surface area contributed by atoms with E-state index in [1.54, 1.807) is 7.11 Å². The van der Waals surface area contributed by atoms with Crippen LogP contribution in [0.4, 0.5) is 11.4 Å². The normalized spacial score (nSPS) is 10.3. The van der Waals surface area contributed by atoms with Crippen LogP contribution in [0.3, 0.4) is 0 Å². The fraction of sp³-hybridized carbons (Fsp3) is 0.250. The Morgan fingerprint density at radius 3 is 2.62 bits per heavy atom. The highest BCUT2D eigenvalue weighted by Gasteiger charge is 2.07. The highest BCUT2D eigenvalue weighted by atomic mass is 79.9.